The lowest BCUT2D eigenvalue weighted by molar-refractivity contribution is 0.614. The second-order valence-corrected chi connectivity index (χ2v) is 4.59. The quantitative estimate of drug-likeness (QED) is 0.818. The fourth-order valence-electron chi connectivity index (χ4n) is 1.38. The van der Waals surface area contributed by atoms with Gasteiger partial charge in [0, 0.05) is 16.6 Å². The molecule has 0 aliphatic rings. The van der Waals surface area contributed by atoms with Crippen molar-refractivity contribution >= 4 is 33.2 Å². The van der Waals surface area contributed by atoms with Crippen LogP contribution in [0.2, 0.25) is 5.02 Å². The molecule has 78 valence electrons. The number of hydrogen-bond acceptors (Lipinski definition) is 3. The Morgan fingerprint density at radius 1 is 1.27 bits per heavy atom. The van der Waals surface area contributed by atoms with E-state index in [0.29, 0.717) is 10.6 Å². The van der Waals surface area contributed by atoms with E-state index in [2.05, 4.69) is 4.98 Å². The highest BCUT2D eigenvalue weighted by Crippen LogP contribution is 2.18. The molecule has 0 saturated heterocycles. The van der Waals surface area contributed by atoms with Crippen molar-refractivity contribution in [3.8, 4) is 0 Å². The van der Waals surface area contributed by atoms with Crippen LogP contribution in [0.15, 0.2) is 30.5 Å². The van der Waals surface area contributed by atoms with Gasteiger partial charge in [-0.05, 0) is 29.8 Å². The van der Waals surface area contributed by atoms with Gasteiger partial charge < -0.3 is 0 Å². The zero-order chi connectivity index (χ0) is 10.8. The van der Waals surface area contributed by atoms with Crippen LogP contribution in [-0.2, 0) is 16.5 Å². The first kappa shape index (κ1) is 10.4. The lowest BCUT2D eigenvalue weighted by Gasteiger charge is -2.00. The van der Waals surface area contributed by atoms with E-state index in [1.165, 1.54) is 0 Å². The van der Waals surface area contributed by atoms with E-state index in [1.54, 1.807) is 30.5 Å². The van der Waals surface area contributed by atoms with Crippen molar-refractivity contribution in [1.82, 2.24) is 4.98 Å². The van der Waals surface area contributed by atoms with E-state index < -0.39 is 10.7 Å². The second kappa shape index (κ2) is 4.16. The first-order valence-electron chi connectivity index (χ1n) is 4.31. The second-order valence-electron chi connectivity index (χ2n) is 3.17. The summed E-state index contributed by atoms with van der Waals surface area (Å²) >= 11 is 5.83. The zero-order valence-corrected chi connectivity index (χ0v) is 9.33. The first-order chi connectivity index (χ1) is 7.15. The molecule has 1 aromatic heterocycles. The Balaban J connectivity index is 2.54. The van der Waals surface area contributed by atoms with Gasteiger partial charge in [-0.2, -0.15) is 0 Å². The Labute approximate surface area is 93.7 Å². The van der Waals surface area contributed by atoms with Crippen molar-refractivity contribution in [2.24, 2.45) is 0 Å². The van der Waals surface area contributed by atoms with Gasteiger partial charge in [0.1, 0.15) is 10.7 Å². The van der Waals surface area contributed by atoms with Crippen molar-refractivity contribution in [3.05, 3.63) is 41.0 Å². The average Bonchev–Trinajstić information content (AvgIpc) is 2.16. The molecule has 0 aliphatic carbocycles. The standard InChI is InChI=1S/C10H8ClNO2S/c11-9-1-2-10-8(4-9)3-7(5-12-10)6-15(13)14/h1-5,15H,6H2. The van der Waals surface area contributed by atoms with Crippen LogP contribution in [-0.4, -0.2) is 13.4 Å². The van der Waals surface area contributed by atoms with Crippen LogP contribution < -0.4 is 0 Å². The molecule has 0 atom stereocenters. The molecule has 5 heteroatoms. The summed E-state index contributed by atoms with van der Waals surface area (Å²) in [4.78, 5) is 4.15. The van der Waals surface area contributed by atoms with E-state index in [1.807, 2.05) is 0 Å². The molecule has 0 aliphatic heterocycles. The lowest BCUT2D eigenvalue weighted by atomic mass is 10.2. The maximum Gasteiger partial charge on any atom is 0.144 e. The van der Waals surface area contributed by atoms with Crippen LogP contribution in [0.1, 0.15) is 5.56 Å². The predicted molar refractivity (Wildman–Crippen MR) is 60.8 cm³/mol. The largest absolute Gasteiger partial charge is 0.256 e. The average molecular weight is 242 g/mol. The Morgan fingerprint density at radius 3 is 2.80 bits per heavy atom. The van der Waals surface area contributed by atoms with Gasteiger partial charge in [0.15, 0.2) is 0 Å². The van der Waals surface area contributed by atoms with E-state index in [9.17, 15) is 8.42 Å². The van der Waals surface area contributed by atoms with Gasteiger partial charge in [-0.1, -0.05) is 11.6 Å². The van der Waals surface area contributed by atoms with Crippen LogP contribution in [0.4, 0.5) is 0 Å². The molecular weight excluding hydrogens is 234 g/mol. The van der Waals surface area contributed by atoms with Crippen molar-refractivity contribution in [1.29, 1.82) is 0 Å². The molecule has 2 rings (SSSR count). The molecule has 0 bridgehead atoms. The molecule has 0 fully saturated rings. The molecule has 0 saturated carbocycles. The van der Waals surface area contributed by atoms with Gasteiger partial charge in [0.25, 0.3) is 0 Å². The van der Waals surface area contributed by atoms with E-state index >= 15 is 0 Å². The summed E-state index contributed by atoms with van der Waals surface area (Å²) in [5.74, 6) is 0.0186. The summed E-state index contributed by atoms with van der Waals surface area (Å²) in [5, 5.41) is 1.48. The predicted octanol–water partition coefficient (Wildman–Crippen LogP) is 2.00. The maximum atomic E-state index is 10.6. The number of halogens is 1. The van der Waals surface area contributed by atoms with Gasteiger partial charge in [-0.3, -0.25) is 4.98 Å². The van der Waals surface area contributed by atoms with Crippen LogP contribution in [0.3, 0.4) is 0 Å². The SMILES string of the molecule is O=[SH](=O)Cc1cnc2ccc(Cl)cc2c1. The summed E-state index contributed by atoms with van der Waals surface area (Å²) in [7, 11) is -2.41. The summed E-state index contributed by atoms with van der Waals surface area (Å²) in [6.45, 7) is 0. The Morgan fingerprint density at radius 2 is 2.07 bits per heavy atom. The minimum Gasteiger partial charge on any atom is -0.256 e. The molecule has 3 nitrogen and oxygen atoms in total. The Kier molecular flexibility index (Phi) is 2.88. The lowest BCUT2D eigenvalue weighted by Crippen LogP contribution is -1.89. The third-order valence-corrected chi connectivity index (χ3v) is 2.87. The number of pyridine rings is 1. The van der Waals surface area contributed by atoms with Crippen LogP contribution in [0.25, 0.3) is 10.9 Å². The minimum absolute atomic E-state index is 0.0186. The Bertz CT molecular complexity index is 573. The number of hydrogen-bond donors (Lipinski definition) is 1. The molecule has 1 aromatic carbocycles. The van der Waals surface area contributed by atoms with Crippen molar-refractivity contribution in [2.45, 2.75) is 5.75 Å². The number of rotatable bonds is 2. The first-order valence-corrected chi connectivity index (χ1v) is 6.05. The smallest absolute Gasteiger partial charge is 0.144 e. The van der Waals surface area contributed by atoms with E-state index in [-0.39, 0.29) is 5.75 Å². The summed E-state index contributed by atoms with van der Waals surface area (Å²) < 4.78 is 21.1. The number of thiol groups is 1. The minimum atomic E-state index is -2.41. The Hall–Kier alpha value is -1.13. The fourth-order valence-corrected chi connectivity index (χ4v) is 2.04. The van der Waals surface area contributed by atoms with E-state index in [4.69, 9.17) is 11.6 Å². The van der Waals surface area contributed by atoms with Gasteiger partial charge in [-0.25, -0.2) is 8.42 Å². The van der Waals surface area contributed by atoms with Gasteiger partial charge in [-0.15, -0.1) is 0 Å². The summed E-state index contributed by atoms with van der Waals surface area (Å²) in [6.07, 6.45) is 1.57. The van der Waals surface area contributed by atoms with Gasteiger partial charge in [0.2, 0.25) is 0 Å². The molecule has 0 spiro atoms. The topological polar surface area (TPSA) is 47.0 Å². The normalized spacial score (nSPS) is 11.1. The molecule has 1 heterocycles. The highest BCUT2D eigenvalue weighted by molar-refractivity contribution is 7.71. The zero-order valence-electron chi connectivity index (χ0n) is 7.68. The van der Waals surface area contributed by atoms with E-state index in [0.717, 1.165) is 10.9 Å². The van der Waals surface area contributed by atoms with Crippen LogP contribution in [0, 0.1) is 0 Å². The molecule has 0 unspecified atom stereocenters. The maximum absolute atomic E-state index is 10.6. The number of aromatic nitrogens is 1. The number of nitrogens with zero attached hydrogens (tertiary/aromatic N) is 1. The monoisotopic (exact) mass is 241 g/mol. The molecule has 0 amide bonds. The molecule has 0 radical (unpaired) electrons. The number of fused-ring (bicyclic) bond motifs is 1. The van der Waals surface area contributed by atoms with Crippen molar-refractivity contribution < 1.29 is 8.42 Å². The summed E-state index contributed by atoms with van der Waals surface area (Å²) in [6, 6.07) is 7.12. The molecular formula is C10H8ClNO2S. The van der Waals surface area contributed by atoms with Gasteiger partial charge >= 0.3 is 0 Å². The van der Waals surface area contributed by atoms with Crippen molar-refractivity contribution in [3.63, 3.8) is 0 Å². The molecule has 15 heavy (non-hydrogen) atoms. The summed E-state index contributed by atoms with van der Waals surface area (Å²) in [5.41, 5.74) is 1.49. The highest BCUT2D eigenvalue weighted by Gasteiger charge is 1.99. The third-order valence-electron chi connectivity index (χ3n) is 2.01. The molecule has 0 N–H and O–H groups in total. The highest BCUT2D eigenvalue weighted by atomic mass is 35.5. The fraction of sp³-hybridized carbons (Fsp3) is 0.100. The van der Waals surface area contributed by atoms with Crippen LogP contribution in [0.5, 0.6) is 0 Å². The van der Waals surface area contributed by atoms with Gasteiger partial charge in [0.05, 0.1) is 11.3 Å². The number of benzene rings is 1. The third kappa shape index (κ3) is 2.46. The van der Waals surface area contributed by atoms with Crippen molar-refractivity contribution in [2.75, 3.05) is 0 Å². The molecule has 2 aromatic rings. The van der Waals surface area contributed by atoms with Crippen LogP contribution >= 0.6 is 11.6 Å².